The van der Waals surface area contributed by atoms with Crippen LogP contribution >= 0.6 is 0 Å². The molecular weight excluding hydrogens is 261 g/mol. The fourth-order valence-corrected chi connectivity index (χ4v) is 2.77. The summed E-state index contributed by atoms with van der Waals surface area (Å²) in [4.78, 5) is 0.240. The summed E-state index contributed by atoms with van der Waals surface area (Å²) in [6.07, 6.45) is 6.68. The van der Waals surface area contributed by atoms with Crippen molar-refractivity contribution in [2.24, 2.45) is 0 Å². The molecule has 0 aliphatic carbocycles. The van der Waals surface area contributed by atoms with E-state index in [0.717, 1.165) is 24.8 Å². The topological polar surface area (TPSA) is 43.4 Å². The van der Waals surface area contributed by atoms with Crippen LogP contribution in [-0.2, 0) is 14.3 Å². The highest BCUT2D eigenvalue weighted by Crippen LogP contribution is 2.14. The van der Waals surface area contributed by atoms with Crippen molar-refractivity contribution in [1.82, 2.24) is 0 Å². The van der Waals surface area contributed by atoms with Crippen LogP contribution in [-0.4, -0.2) is 15.0 Å². The Morgan fingerprint density at radius 3 is 2.16 bits per heavy atom. The SMILES string of the molecule is CCCCCCC[13CH2]OS(=O)(=O)c1ccc(C)cc1. The molecule has 0 saturated carbocycles. The third kappa shape index (κ3) is 6.21. The fraction of sp³-hybridized carbons (Fsp3) is 0.600. The largest absolute Gasteiger partial charge is 0.296 e. The molecule has 0 atom stereocenters. The Kier molecular flexibility index (Phi) is 7.10. The highest BCUT2D eigenvalue weighted by Gasteiger charge is 2.13. The van der Waals surface area contributed by atoms with E-state index in [1.165, 1.54) is 19.3 Å². The second kappa shape index (κ2) is 8.33. The van der Waals surface area contributed by atoms with Gasteiger partial charge < -0.3 is 0 Å². The van der Waals surface area contributed by atoms with Gasteiger partial charge in [-0.25, -0.2) is 0 Å². The second-order valence-electron chi connectivity index (χ2n) is 4.86. The van der Waals surface area contributed by atoms with E-state index in [1.807, 2.05) is 6.92 Å². The first-order chi connectivity index (χ1) is 9.06. The Hall–Kier alpha value is -0.870. The molecule has 0 saturated heterocycles. The molecule has 0 fully saturated rings. The van der Waals surface area contributed by atoms with Gasteiger partial charge in [0.05, 0.1) is 11.5 Å². The van der Waals surface area contributed by atoms with Gasteiger partial charge in [-0.2, -0.15) is 8.42 Å². The monoisotopic (exact) mass is 285 g/mol. The summed E-state index contributed by atoms with van der Waals surface area (Å²) in [6, 6.07) is 6.74. The van der Waals surface area contributed by atoms with Gasteiger partial charge in [0.1, 0.15) is 0 Å². The standard InChI is InChI=1S/C15H24O3S/c1-3-4-5-6-7-8-13-18-19(16,17)15-11-9-14(2)10-12-15/h9-12H,3-8,13H2,1-2H3/i13+1. The van der Waals surface area contributed by atoms with Crippen LogP contribution in [0.1, 0.15) is 51.0 Å². The molecule has 0 N–H and O–H groups in total. The summed E-state index contributed by atoms with van der Waals surface area (Å²) < 4.78 is 28.7. The van der Waals surface area contributed by atoms with E-state index < -0.39 is 10.1 Å². The zero-order valence-corrected chi connectivity index (χ0v) is 12.7. The predicted octanol–water partition coefficient (Wildman–Crippen LogP) is 4.06. The van der Waals surface area contributed by atoms with Gasteiger partial charge in [-0.1, -0.05) is 56.7 Å². The van der Waals surface area contributed by atoms with E-state index in [1.54, 1.807) is 24.3 Å². The lowest BCUT2D eigenvalue weighted by molar-refractivity contribution is 0.306. The van der Waals surface area contributed by atoms with Gasteiger partial charge in [0.15, 0.2) is 0 Å². The molecule has 0 bridgehead atoms. The summed E-state index contributed by atoms with van der Waals surface area (Å²) >= 11 is 0. The molecule has 4 heteroatoms. The molecule has 3 nitrogen and oxygen atoms in total. The molecule has 0 amide bonds. The molecule has 0 radical (unpaired) electrons. The lowest BCUT2D eigenvalue weighted by Gasteiger charge is -2.06. The fourth-order valence-electron chi connectivity index (χ4n) is 1.82. The van der Waals surface area contributed by atoms with E-state index in [0.29, 0.717) is 0 Å². The van der Waals surface area contributed by atoms with Crippen molar-refractivity contribution in [3.05, 3.63) is 29.8 Å². The predicted molar refractivity (Wildman–Crippen MR) is 77.7 cm³/mol. The van der Waals surface area contributed by atoms with E-state index in [9.17, 15) is 8.42 Å². The normalized spacial score (nSPS) is 11.7. The van der Waals surface area contributed by atoms with E-state index >= 15 is 0 Å². The second-order valence-corrected chi connectivity index (χ2v) is 6.47. The molecule has 108 valence electrons. The molecule has 0 spiro atoms. The van der Waals surface area contributed by atoms with E-state index in [-0.39, 0.29) is 11.5 Å². The van der Waals surface area contributed by atoms with E-state index in [4.69, 9.17) is 4.18 Å². The Balaban J connectivity index is 2.29. The molecule has 0 aliphatic rings. The maximum absolute atomic E-state index is 11.9. The Labute approximate surface area is 117 Å². The van der Waals surface area contributed by atoms with Crippen molar-refractivity contribution in [3.63, 3.8) is 0 Å². The molecule has 0 heterocycles. The van der Waals surface area contributed by atoms with Crippen LogP contribution in [0.4, 0.5) is 0 Å². The van der Waals surface area contributed by atoms with E-state index in [2.05, 4.69) is 6.92 Å². The number of rotatable bonds is 9. The average molecular weight is 285 g/mol. The van der Waals surface area contributed by atoms with Gasteiger partial charge in [0.2, 0.25) is 0 Å². The van der Waals surface area contributed by atoms with Crippen molar-refractivity contribution in [2.75, 3.05) is 6.61 Å². The van der Waals surface area contributed by atoms with Crippen LogP contribution < -0.4 is 0 Å². The smallest absolute Gasteiger partial charge is 0.266 e. The van der Waals surface area contributed by atoms with Crippen molar-refractivity contribution in [3.8, 4) is 0 Å². The Morgan fingerprint density at radius 1 is 0.947 bits per heavy atom. The lowest BCUT2D eigenvalue weighted by Crippen LogP contribution is -2.07. The number of hydrogen-bond donors (Lipinski definition) is 0. The highest BCUT2D eigenvalue weighted by molar-refractivity contribution is 7.86. The number of benzene rings is 1. The summed E-state index contributed by atoms with van der Waals surface area (Å²) in [5.41, 5.74) is 1.04. The number of unbranched alkanes of at least 4 members (excludes halogenated alkanes) is 5. The Morgan fingerprint density at radius 2 is 1.53 bits per heavy atom. The third-order valence-electron chi connectivity index (χ3n) is 3.05. The molecule has 0 unspecified atom stereocenters. The summed E-state index contributed by atoms with van der Waals surface area (Å²) in [5, 5.41) is 0. The average Bonchev–Trinajstić information content (AvgIpc) is 2.38. The quantitative estimate of drug-likeness (QED) is 0.390. The van der Waals surface area contributed by atoms with Crippen molar-refractivity contribution >= 4 is 10.1 Å². The molecular formula is C15H24O3S. The first kappa shape index (κ1) is 16.2. The Bertz CT molecular complexity index is 449. The first-order valence-electron chi connectivity index (χ1n) is 7.02. The zero-order valence-electron chi connectivity index (χ0n) is 11.9. The number of aryl methyl sites for hydroxylation is 1. The third-order valence-corrected chi connectivity index (χ3v) is 4.37. The highest BCUT2D eigenvalue weighted by atomic mass is 32.2. The van der Waals surface area contributed by atoms with Gasteiger partial charge in [-0.15, -0.1) is 0 Å². The maximum Gasteiger partial charge on any atom is 0.296 e. The lowest BCUT2D eigenvalue weighted by atomic mass is 10.1. The number of hydrogen-bond acceptors (Lipinski definition) is 3. The van der Waals surface area contributed by atoms with Gasteiger partial charge in [0.25, 0.3) is 10.1 Å². The minimum atomic E-state index is -3.57. The van der Waals surface area contributed by atoms with Crippen molar-refractivity contribution < 1.29 is 12.6 Å². The minimum Gasteiger partial charge on any atom is -0.266 e. The minimum absolute atomic E-state index is 0.240. The molecule has 0 aromatic heterocycles. The van der Waals surface area contributed by atoms with Gasteiger partial charge in [-0.05, 0) is 25.5 Å². The van der Waals surface area contributed by atoms with Gasteiger partial charge in [-0.3, -0.25) is 4.18 Å². The van der Waals surface area contributed by atoms with Gasteiger partial charge >= 0.3 is 0 Å². The molecule has 0 aliphatic heterocycles. The van der Waals surface area contributed by atoms with Crippen molar-refractivity contribution in [2.45, 2.75) is 57.3 Å². The summed E-state index contributed by atoms with van der Waals surface area (Å²) in [6.45, 7) is 4.38. The zero-order chi connectivity index (χ0) is 14.1. The molecule has 19 heavy (non-hydrogen) atoms. The first-order valence-corrected chi connectivity index (χ1v) is 8.43. The molecule has 1 aromatic carbocycles. The van der Waals surface area contributed by atoms with Crippen molar-refractivity contribution in [1.29, 1.82) is 0 Å². The maximum atomic E-state index is 11.9. The van der Waals surface area contributed by atoms with Gasteiger partial charge in [0, 0.05) is 0 Å². The summed E-state index contributed by atoms with van der Waals surface area (Å²) in [5.74, 6) is 0. The molecule has 1 aromatic rings. The van der Waals surface area contributed by atoms with Crippen LogP contribution in [0.25, 0.3) is 0 Å². The van der Waals surface area contributed by atoms with Crippen LogP contribution in [0.15, 0.2) is 29.2 Å². The summed E-state index contributed by atoms with van der Waals surface area (Å²) in [7, 11) is -3.57. The molecule has 1 rings (SSSR count). The van der Waals surface area contributed by atoms with Crippen LogP contribution in [0.3, 0.4) is 0 Å². The van der Waals surface area contributed by atoms with Crippen LogP contribution in [0.5, 0.6) is 0 Å². The van der Waals surface area contributed by atoms with Crippen LogP contribution in [0, 0.1) is 6.92 Å². The van der Waals surface area contributed by atoms with Crippen LogP contribution in [0.2, 0.25) is 0 Å².